The fourth-order valence-corrected chi connectivity index (χ4v) is 3.02. The molecule has 0 aromatic heterocycles. The van der Waals surface area contributed by atoms with E-state index in [9.17, 15) is 13.2 Å². The second-order valence-electron chi connectivity index (χ2n) is 5.95. The number of hydrogen-bond acceptors (Lipinski definition) is 1. The van der Waals surface area contributed by atoms with Crippen LogP contribution in [0.1, 0.15) is 50.5 Å². The van der Waals surface area contributed by atoms with Crippen molar-refractivity contribution in [3.05, 3.63) is 54.1 Å². The third-order valence-corrected chi connectivity index (χ3v) is 4.22. The third-order valence-electron chi connectivity index (χ3n) is 4.22. The molecule has 2 rings (SSSR count). The number of rotatable bonds is 5. The molecule has 0 N–H and O–H groups in total. The van der Waals surface area contributed by atoms with Crippen LogP contribution in [0.4, 0.5) is 13.2 Å². The van der Waals surface area contributed by atoms with E-state index in [-0.39, 0.29) is 5.75 Å². The molecule has 4 heteroatoms. The van der Waals surface area contributed by atoms with Crippen molar-refractivity contribution in [2.75, 3.05) is 0 Å². The zero-order chi connectivity index (χ0) is 16.7. The van der Waals surface area contributed by atoms with Crippen molar-refractivity contribution >= 4 is 0 Å². The van der Waals surface area contributed by atoms with Crippen LogP contribution in [0.15, 0.2) is 48.6 Å². The second kappa shape index (κ2) is 8.23. The van der Waals surface area contributed by atoms with Crippen molar-refractivity contribution in [2.45, 2.75) is 51.3 Å². The largest absolute Gasteiger partial charge is 0.573 e. The van der Waals surface area contributed by atoms with Crippen LogP contribution < -0.4 is 4.74 Å². The van der Waals surface area contributed by atoms with Crippen LogP contribution >= 0.6 is 0 Å². The summed E-state index contributed by atoms with van der Waals surface area (Å²) in [5, 5.41) is 0. The normalized spacial score (nSPS) is 22.8. The van der Waals surface area contributed by atoms with E-state index >= 15 is 0 Å². The lowest BCUT2D eigenvalue weighted by Crippen LogP contribution is -2.17. The average molecular weight is 324 g/mol. The third kappa shape index (κ3) is 6.12. The first-order valence-electron chi connectivity index (χ1n) is 8.17. The minimum Gasteiger partial charge on any atom is -0.406 e. The van der Waals surface area contributed by atoms with Gasteiger partial charge in [0.2, 0.25) is 0 Å². The maximum absolute atomic E-state index is 12.2. The van der Waals surface area contributed by atoms with E-state index in [0.29, 0.717) is 11.8 Å². The highest BCUT2D eigenvalue weighted by atomic mass is 19.4. The van der Waals surface area contributed by atoms with Gasteiger partial charge in [0.05, 0.1) is 0 Å². The van der Waals surface area contributed by atoms with Crippen molar-refractivity contribution in [3.63, 3.8) is 0 Å². The molecule has 0 bridgehead atoms. The highest BCUT2D eigenvalue weighted by Crippen LogP contribution is 2.37. The molecule has 23 heavy (non-hydrogen) atoms. The van der Waals surface area contributed by atoms with Gasteiger partial charge in [-0.05, 0) is 61.6 Å². The van der Waals surface area contributed by atoms with Gasteiger partial charge in [0.15, 0.2) is 0 Å². The Morgan fingerprint density at radius 1 is 1.04 bits per heavy atom. The van der Waals surface area contributed by atoms with E-state index < -0.39 is 6.36 Å². The number of ether oxygens (including phenoxy) is 1. The molecule has 0 heterocycles. The molecule has 1 aliphatic carbocycles. The van der Waals surface area contributed by atoms with Crippen LogP contribution in [0.5, 0.6) is 5.75 Å². The Morgan fingerprint density at radius 2 is 1.70 bits per heavy atom. The predicted octanol–water partition coefficient (Wildman–Crippen LogP) is 6.38. The quantitative estimate of drug-likeness (QED) is 0.571. The Labute approximate surface area is 135 Å². The molecule has 1 saturated carbocycles. The summed E-state index contributed by atoms with van der Waals surface area (Å²) < 4.78 is 40.4. The van der Waals surface area contributed by atoms with Gasteiger partial charge < -0.3 is 4.74 Å². The molecule has 126 valence electrons. The van der Waals surface area contributed by atoms with Crippen LogP contribution in [0.25, 0.3) is 0 Å². The first-order valence-corrected chi connectivity index (χ1v) is 8.17. The standard InChI is InChI=1S/C19H23F3O/c1-2-3-4-5-6-15-7-9-16(10-8-15)17-11-13-18(14-12-17)23-19(20,21)22/h3-6,11-16H,2,7-10H2,1H3. The number of alkyl halides is 3. The summed E-state index contributed by atoms with van der Waals surface area (Å²) in [6.07, 6.45) is 9.43. The van der Waals surface area contributed by atoms with Crippen LogP contribution in [0, 0.1) is 5.92 Å². The molecule has 1 nitrogen and oxygen atoms in total. The summed E-state index contributed by atoms with van der Waals surface area (Å²) in [5.41, 5.74) is 1.10. The summed E-state index contributed by atoms with van der Waals surface area (Å²) in [7, 11) is 0. The van der Waals surface area contributed by atoms with Crippen molar-refractivity contribution in [1.82, 2.24) is 0 Å². The maximum atomic E-state index is 12.2. The molecule has 1 aliphatic rings. The van der Waals surface area contributed by atoms with E-state index in [1.54, 1.807) is 12.1 Å². The summed E-state index contributed by atoms with van der Waals surface area (Å²) in [5.74, 6) is 0.895. The minimum atomic E-state index is -4.63. The molecule has 0 saturated heterocycles. The van der Waals surface area contributed by atoms with Crippen molar-refractivity contribution < 1.29 is 17.9 Å². The van der Waals surface area contributed by atoms with Gasteiger partial charge in [0.1, 0.15) is 5.75 Å². The molecule has 1 aromatic rings. The van der Waals surface area contributed by atoms with Gasteiger partial charge >= 0.3 is 6.36 Å². The number of hydrogen-bond donors (Lipinski definition) is 0. The summed E-state index contributed by atoms with van der Waals surface area (Å²) in [6, 6.07) is 6.33. The van der Waals surface area contributed by atoms with Crippen LogP contribution in [0.2, 0.25) is 0 Å². The van der Waals surface area contributed by atoms with Crippen LogP contribution in [0.3, 0.4) is 0 Å². The fourth-order valence-electron chi connectivity index (χ4n) is 3.02. The fraction of sp³-hybridized carbons (Fsp3) is 0.474. The monoisotopic (exact) mass is 324 g/mol. The van der Waals surface area contributed by atoms with Gasteiger partial charge in [-0.2, -0.15) is 0 Å². The van der Waals surface area contributed by atoms with Crippen LogP contribution in [-0.4, -0.2) is 6.36 Å². The SMILES string of the molecule is CCC=CC=CC1CCC(c2ccc(OC(F)(F)F)cc2)CC1. The van der Waals surface area contributed by atoms with Gasteiger partial charge in [0, 0.05) is 0 Å². The first kappa shape index (κ1) is 17.6. The zero-order valence-corrected chi connectivity index (χ0v) is 13.4. The van der Waals surface area contributed by atoms with E-state index in [1.807, 2.05) is 0 Å². The van der Waals surface area contributed by atoms with Gasteiger partial charge in [-0.1, -0.05) is 43.4 Å². The Bertz CT molecular complexity index is 521. The van der Waals surface area contributed by atoms with Gasteiger partial charge in [-0.15, -0.1) is 13.2 Å². The molecular formula is C19H23F3O. The summed E-state index contributed by atoms with van der Waals surface area (Å²) in [4.78, 5) is 0. The van der Waals surface area contributed by atoms with E-state index in [1.165, 1.54) is 12.1 Å². The van der Waals surface area contributed by atoms with Crippen molar-refractivity contribution in [3.8, 4) is 5.75 Å². The molecular weight excluding hydrogens is 301 g/mol. The van der Waals surface area contributed by atoms with Gasteiger partial charge in [-0.3, -0.25) is 0 Å². The Kier molecular flexibility index (Phi) is 6.31. The molecule has 0 aliphatic heterocycles. The smallest absolute Gasteiger partial charge is 0.406 e. The lowest BCUT2D eigenvalue weighted by Gasteiger charge is -2.27. The Balaban J connectivity index is 1.85. The topological polar surface area (TPSA) is 9.23 Å². The number of halogens is 3. The number of benzene rings is 1. The van der Waals surface area contributed by atoms with E-state index in [2.05, 4.69) is 36.0 Å². The minimum absolute atomic E-state index is 0.152. The molecule has 0 amide bonds. The number of allylic oxidation sites excluding steroid dienone is 4. The molecule has 1 aromatic carbocycles. The lowest BCUT2D eigenvalue weighted by atomic mass is 9.78. The predicted molar refractivity (Wildman–Crippen MR) is 86.4 cm³/mol. The van der Waals surface area contributed by atoms with Gasteiger partial charge in [0.25, 0.3) is 0 Å². The van der Waals surface area contributed by atoms with E-state index in [0.717, 1.165) is 37.7 Å². The summed E-state index contributed by atoms with van der Waals surface area (Å²) >= 11 is 0. The molecule has 0 unspecified atom stereocenters. The van der Waals surface area contributed by atoms with Crippen molar-refractivity contribution in [1.29, 1.82) is 0 Å². The highest BCUT2D eigenvalue weighted by Gasteiger charge is 2.31. The average Bonchev–Trinajstić information content (AvgIpc) is 2.52. The highest BCUT2D eigenvalue weighted by molar-refractivity contribution is 5.30. The molecule has 0 spiro atoms. The zero-order valence-electron chi connectivity index (χ0n) is 13.4. The van der Waals surface area contributed by atoms with Crippen molar-refractivity contribution in [2.24, 2.45) is 5.92 Å². The first-order chi connectivity index (χ1) is 11.0. The molecule has 0 radical (unpaired) electrons. The Hall–Kier alpha value is -1.71. The Morgan fingerprint density at radius 3 is 2.26 bits per heavy atom. The van der Waals surface area contributed by atoms with Gasteiger partial charge in [-0.25, -0.2) is 0 Å². The second-order valence-corrected chi connectivity index (χ2v) is 5.95. The molecule has 0 atom stereocenters. The van der Waals surface area contributed by atoms with Crippen LogP contribution in [-0.2, 0) is 0 Å². The molecule has 1 fully saturated rings. The van der Waals surface area contributed by atoms with E-state index in [4.69, 9.17) is 0 Å². The maximum Gasteiger partial charge on any atom is 0.573 e. The lowest BCUT2D eigenvalue weighted by molar-refractivity contribution is -0.274. The summed E-state index contributed by atoms with van der Waals surface area (Å²) in [6.45, 7) is 2.11.